The van der Waals surface area contributed by atoms with Crippen molar-refractivity contribution < 1.29 is 14.6 Å². The van der Waals surface area contributed by atoms with Gasteiger partial charge in [-0.1, -0.05) is 0 Å². The molecule has 1 aromatic carbocycles. The van der Waals surface area contributed by atoms with E-state index >= 15 is 0 Å². The Morgan fingerprint density at radius 3 is 2.47 bits per heavy atom. The molecule has 1 aromatic rings. The average molecular weight is 209 g/mol. The number of hydrogen-bond donors (Lipinski definition) is 1. The van der Waals surface area contributed by atoms with Crippen molar-refractivity contribution in [1.29, 1.82) is 0 Å². The van der Waals surface area contributed by atoms with E-state index in [1.807, 2.05) is 6.92 Å². The van der Waals surface area contributed by atoms with Crippen molar-refractivity contribution >= 4 is 11.6 Å². The van der Waals surface area contributed by atoms with Gasteiger partial charge < -0.3 is 5.32 Å². The van der Waals surface area contributed by atoms with Gasteiger partial charge in [0.05, 0.1) is 4.91 Å². The Balaban J connectivity index is 2.80. The molecular weight excluding hydrogens is 196 g/mol. The van der Waals surface area contributed by atoms with Gasteiger partial charge in [0.15, 0.2) is 7.11 Å². The Labute approximate surface area is 87.6 Å². The number of amides is 1. The molecule has 0 atom stereocenters. The van der Waals surface area contributed by atoms with Crippen LogP contribution in [0.25, 0.3) is 0 Å². The van der Waals surface area contributed by atoms with Gasteiger partial charge in [0, 0.05) is 24.2 Å². The van der Waals surface area contributed by atoms with Crippen LogP contribution in [0, 0.1) is 4.91 Å². The van der Waals surface area contributed by atoms with E-state index in [0.717, 1.165) is 0 Å². The third-order valence-corrected chi connectivity index (χ3v) is 1.84. The third kappa shape index (κ3) is 2.77. The molecule has 0 aliphatic carbocycles. The molecule has 1 rings (SSSR count). The lowest BCUT2D eigenvalue weighted by Crippen LogP contribution is -2.22. The Hall–Kier alpha value is -1.91. The van der Waals surface area contributed by atoms with Crippen LogP contribution < -0.4 is 5.32 Å². The number of carbonyl (C=O) groups excluding carboxylic acids is 1. The lowest BCUT2D eigenvalue weighted by Gasteiger charge is -2.00. The summed E-state index contributed by atoms with van der Waals surface area (Å²) >= 11 is 0. The van der Waals surface area contributed by atoms with Crippen LogP contribution in [-0.4, -0.2) is 24.5 Å². The van der Waals surface area contributed by atoms with Crippen LogP contribution >= 0.6 is 0 Å². The van der Waals surface area contributed by atoms with Gasteiger partial charge in [-0.2, -0.15) is 0 Å². The fourth-order valence-corrected chi connectivity index (χ4v) is 1.10. The van der Waals surface area contributed by atoms with Gasteiger partial charge in [-0.15, -0.1) is 0 Å². The molecule has 5 nitrogen and oxygen atoms in total. The van der Waals surface area contributed by atoms with Crippen molar-refractivity contribution in [2.45, 2.75) is 6.92 Å². The van der Waals surface area contributed by atoms with Crippen molar-refractivity contribution in [1.82, 2.24) is 5.32 Å². The largest absolute Gasteiger partial charge is 0.352 e. The second kappa shape index (κ2) is 5.09. The molecule has 0 aromatic heterocycles. The van der Waals surface area contributed by atoms with Gasteiger partial charge in [-0.25, -0.2) is 4.84 Å². The summed E-state index contributed by atoms with van der Waals surface area (Å²) in [5, 5.41) is 2.66. The third-order valence-electron chi connectivity index (χ3n) is 1.84. The molecule has 15 heavy (non-hydrogen) atoms. The standard InChI is InChI=1S/C10H12N2O3/c1-3-11-10(13)8-4-6-9(7-5-8)12(14)15-2/h4-7H,3H2,1-2H3/p+1. The van der Waals surface area contributed by atoms with E-state index in [-0.39, 0.29) is 5.91 Å². The zero-order valence-corrected chi connectivity index (χ0v) is 8.69. The van der Waals surface area contributed by atoms with E-state index in [1.165, 1.54) is 19.2 Å². The van der Waals surface area contributed by atoms with Gasteiger partial charge in [-0.05, 0) is 19.1 Å². The van der Waals surface area contributed by atoms with Crippen molar-refractivity contribution in [2.24, 2.45) is 0 Å². The summed E-state index contributed by atoms with van der Waals surface area (Å²) in [6, 6.07) is 6.20. The van der Waals surface area contributed by atoms with E-state index < -0.39 is 0 Å². The first-order valence-electron chi connectivity index (χ1n) is 4.58. The first-order valence-corrected chi connectivity index (χ1v) is 4.58. The highest BCUT2D eigenvalue weighted by molar-refractivity contribution is 5.94. The average Bonchev–Trinajstić information content (AvgIpc) is 2.28. The van der Waals surface area contributed by atoms with Gasteiger partial charge in [0.2, 0.25) is 0 Å². The van der Waals surface area contributed by atoms with Crippen LogP contribution in [-0.2, 0) is 4.84 Å². The molecule has 5 heteroatoms. The smallest absolute Gasteiger partial charge is 0.316 e. The number of nitrogens with zero attached hydrogens (tertiary/aromatic N) is 1. The number of rotatable bonds is 4. The van der Waals surface area contributed by atoms with Crippen LogP contribution in [0.3, 0.4) is 0 Å². The molecule has 1 N–H and O–H groups in total. The lowest BCUT2D eigenvalue weighted by molar-refractivity contribution is -0.736. The molecule has 1 amide bonds. The molecule has 0 aliphatic rings. The number of hydrogen-bond acceptors (Lipinski definition) is 3. The second-order valence-electron chi connectivity index (χ2n) is 2.85. The first kappa shape index (κ1) is 11.2. The van der Waals surface area contributed by atoms with Crippen LogP contribution in [0.1, 0.15) is 17.3 Å². The SMILES string of the molecule is CCNC(=O)c1ccc([N+](=O)OC)cc1. The van der Waals surface area contributed by atoms with Gasteiger partial charge in [0.1, 0.15) is 0 Å². The summed E-state index contributed by atoms with van der Waals surface area (Å²) < 4.78 is 0. The molecule has 0 saturated carbocycles. The highest BCUT2D eigenvalue weighted by atomic mass is 16.8. The second-order valence-corrected chi connectivity index (χ2v) is 2.85. The Bertz CT molecular complexity index is 359. The molecule has 0 fully saturated rings. The maximum atomic E-state index is 11.4. The molecule has 0 unspecified atom stereocenters. The van der Waals surface area contributed by atoms with Crippen molar-refractivity contribution in [2.75, 3.05) is 13.7 Å². The summed E-state index contributed by atoms with van der Waals surface area (Å²) in [7, 11) is 1.28. The van der Waals surface area contributed by atoms with E-state index in [0.29, 0.717) is 22.7 Å². The van der Waals surface area contributed by atoms with Crippen LogP contribution in [0.15, 0.2) is 24.3 Å². The van der Waals surface area contributed by atoms with E-state index in [2.05, 4.69) is 10.2 Å². The normalized spacial score (nSPS) is 9.47. The van der Waals surface area contributed by atoms with Crippen LogP contribution in [0.4, 0.5) is 5.69 Å². The predicted molar refractivity (Wildman–Crippen MR) is 54.7 cm³/mol. The number of benzene rings is 1. The molecule has 0 radical (unpaired) electrons. The summed E-state index contributed by atoms with van der Waals surface area (Å²) in [6.45, 7) is 2.42. The monoisotopic (exact) mass is 209 g/mol. The van der Waals surface area contributed by atoms with Crippen molar-refractivity contribution in [3.8, 4) is 0 Å². The molecule has 0 aliphatic heterocycles. The van der Waals surface area contributed by atoms with E-state index in [1.54, 1.807) is 12.1 Å². The van der Waals surface area contributed by atoms with E-state index in [4.69, 9.17) is 0 Å². The minimum Gasteiger partial charge on any atom is -0.352 e. The molecular formula is C10H13N2O3+. The van der Waals surface area contributed by atoms with Crippen molar-refractivity contribution in [3.05, 3.63) is 34.7 Å². The maximum absolute atomic E-state index is 11.4. The predicted octanol–water partition coefficient (Wildman–Crippen LogP) is 1.41. The van der Waals surface area contributed by atoms with Gasteiger partial charge in [-0.3, -0.25) is 4.79 Å². The molecule has 0 heterocycles. The molecule has 80 valence electrons. The lowest BCUT2D eigenvalue weighted by atomic mass is 10.2. The summed E-state index contributed by atoms with van der Waals surface area (Å²) in [5.41, 5.74) is 0.871. The zero-order chi connectivity index (χ0) is 11.3. The van der Waals surface area contributed by atoms with Crippen LogP contribution in [0.5, 0.6) is 0 Å². The number of nitrogens with one attached hydrogen (secondary N) is 1. The fourth-order valence-electron chi connectivity index (χ4n) is 1.10. The summed E-state index contributed by atoms with van der Waals surface area (Å²) in [4.78, 5) is 27.2. The fraction of sp³-hybridized carbons (Fsp3) is 0.300. The Kier molecular flexibility index (Phi) is 3.79. The maximum Gasteiger partial charge on any atom is 0.316 e. The highest BCUT2D eigenvalue weighted by Crippen LogP contribution is 2.12. The summed E-state index contributed by atoms with van der Waals surface area (Å²) in [6.07, 6.45) is 0. The minimum atomic E-state index is -0.154. The quantitative estimate of drug-likeness (QED) is 0.763. The summed E-state index contributed by atoms with van der Waals surface area (Å²) in [5.74, 6) is -0.154. The van der Waals surface area contributed by atoms with Gasteiger partial charge >= 0.3 is 5.69 Å². The van der Waals surface area contributed by atoms with E-state index in [9.17, 15) is 9.70 Å². The van der Waals surface area contributed by atoms with Crippen LogP contribution in [0.2, 0.25) is 0 Å². The minimum absolute atomic E-state index is 0.154. The topological polar surface area (TPSA) is 58.4 Å². The first-order chi connectivity index (χ1) is 7.19. The Morgan fingerprint density at radius 2 is 2.00 bits per heavy atom. The highest BCUT2D eigenvalue weighted by Gasteiger charge is 2.14. The molecule has 0 spiro atoms. The van der Waals surface area contributed by atoms with Crippen molar-refractivity contribution in [3.63, 3.8) is 0 Å². The molecule has 0 saturated heterocycles. The molecule has 0 bridgehead atoms. The number of carbonyl (C=O) groups is 1. The zero-order valence-electron chi connectivity index (χ0n) is 8.69. The Morgan fingerprint density at radius 1 is 1.40 bits per heavy atom. The van der Waals surface area contributed by atoms with Gasteiger partial charge in [0.25, 0.3) is 10.8 Å².